The van der Waals surface area contributed by atoms with Gasteiger partial charge in [0, 0.05) is 128 Å². The highest BCUT2D eigenvalue weighted by Crippen LogP contribution is 2.41. The lowest BCUT2D eigenvalue weighted by molar-refractivity contribution is -0.00498. The number of rotatable bonds is 17. The quantitative estimate of drug-likeness (QED) is 0.0364. The summed E-state index contributed by atoms with van der Waals surface area (Å²) >= 11 is 33.3. The number of ether oxygens (including phenoxy) is 6. The van der Waals surface area contributed by atoms with Crippen LogP contribution >= 0.6 is 69.6 Å². The fraction of sp³-hybridized carbons (Fsp3) is 0.484. The Morgan fingerprint density at radius 3 is 0.900 bits per heavy atom. The third-order valence-electron chi connectivity index (χ3n) is 22.5. The Morgan fingerprint density at radius 2 is 0.615 bits per heavy atom. The highest BCUT2D eigenvalue weighted by molar-refractivity contribution is 6.67. The number of hydrogen-bond acceptors (Lipinski definition) is 19. The molecule has 0 aliphatic carbocycles. The first-order valence-corrected chi connectivity index (χ1v) is 45.6. The van der Waals surface area contributed by atoms with E-state index in [0.717, 1.165) is 116 Å². The molecule has 39 heteroatoms. The molecule has 10 aromatic rings. The molecule has 6 aliphatic rings. The van der Waals surface area contributed by atoms with Gasteiger partial charge in [0.25, 0.3) is 0 Å². The van der Waals surface area contributed by atoms with E-state index in [-0.39, 0.29) is 123 Å². The number of aromatic nitrogens is 13. The number of carbonyl (C=O) groups is 6. The van der Waals surface area contributed by atoms with Gasteiger partial charge in [0.2, 0.25) is 3.79 Å². The SMILES string of the molecule is CC(C)C1c2nc[nH]c2CCN1C(=O)OCC(Cl)(Cl)Cl.CC(C)C1c2nc[nH]c2CCN1C(=O)OCC(F)(F)Cl.CC(C)C1c2nc[nH]c2CCN1C(=O)OCc1ccc(Cl)cc1.CC(C)C1c2nc[nH]c2CCN1C(=O)OCc1cccc(Cl)c1.CC(C)C1c2nc[nH]c2CCN1C(=O)OCc1ccccc1.CC(C)C1c2nc[nH]c2CCN1C(=O)OCc1ccccn1. The average Bonchev–Trinajstić information content (AvgIpc) is 1.62. The van der Waals surface area contributed by atoms with Gasteiger partial charge in [0.1, 0.15) is 33.0 Å². The summed E-state index contributed by atoms with van der Waals surface area (Å²) in [5.41, 5.74) is 15.5. The molecule has 130 heavy (non-hydrogen) atoms. The molecule has 3 aromatic carbocycles. The largest absolute Gasteiger partial charge is 0.445 e. The van der Waals surface area contributed by atoms with E-state index in [0.29, 0.717) is 68.8 Å². The molecule has 6 atom stereocenters. The van der Waals surface area contributed by atoms with Gasteiger partial charge in [0.15, 0.2) is 6.61 Å². The molecule has 700 valence electrons. The summed E-state index contributed by atoms with van der Waals surface area (Å²) in [6.07, 6.45) is 13.7. The Labute approximate surface area is 784 Å². The molecule has 7 aromatic heterocycles. The maximum Gasteiger partial charge on any atom is 0.410 e. The Kier molecular flexibility index (Phi) is 35.6. The Hall–Kier alpha value is -10.7. The standard InChI is InChI=1S/2C17H20ClN3O2.C17H21N3O2.C16H20N4O2.C12H16Cl3N3O2.C12H16ClF2N3O2/c1-11(2)16-15-14(19-10-20-15)7-8-21(16)17(22)23-9-12-3-5-13(18)6-4-12;1-11(2)16-15-14(19-10-20-15)6-7-21(16)17(22)23-9-12-4-3-5-13(18)8-12;1-12(2)16-15-14(18-11-19-15)8-9-20(16)17(21)22-10-13-6-4-3-5-7-13;1-11(2)15-14-13(18-10-19-14)6-8-20(15)16(21)22-9-12-5-3-4-7-17-12;2*1-7(2)10-9-8(16-6-17-9)3-4-18(10)11(19)20-5-12(13,14)15/h3-6,10-11,16H,7-9H2,1-2H3,(H,19,20);3-5,8,10-11,16H,6-7,9H2,1-2H3,(H,19,20);3-7,11-12,16H,8-10H2,1-2H3,(H,18,19);3-5,7,10-11,15H,6,8-9H2,1-2H3,(H,18,19);2*6-7,10H,3-5H2,1-2H3,(H,16,17). The molecule has 6 unspecified atom stereocenters. The number of amides is 6. The van der Waals surface area contributed by atoms with Crippen molar-refractivity contribution in [3.8, 4) is 0 Å². The van der Waals surface area contributed by atoms with Crippen LogP contribution in [0.25, 0.3) is 0 Å². The molecule has 6 aliphatic heterocycles. The first-order chi connectivity index (χ1) is 62.0. The molecule has 0 saturated heterocycles. The number of alkyl halides is 6. The van der Waals surface area contributed by atoms with Crippen LogP contribution in [0.2, 0.25) is 10.0 Å². The van der Waals surface area contributed by atoms with Gasteiger partial charge in [-0.2, -0.15) is 8.78 Å². The van der Waals surface area contributed by atoms with Crippen molar-refractivity contribution in [1.29, 1.82) is 0 Å². The van der Waals surface area contributed by atoms with Crippen molar-refractivity contribution in [2.45, 2.75) is 193 Å². The first-order valence-electron chi connectivity index (χ1n) is 43.3. The van der Waals surface area contributed by atoms with Crippen LogP contribution in [0.5, 0.6) is 0 Å². The second-order valence-electron chi connectivity index (χ2n) is 34.0. The van der Waals surface area contributed by atoms with Gasteiger partial charge >= 0.3 is 41.9 Å². The molecule has 16 rings (SSSR count). The lowest BCUT2D eigenvalue weighted by Crippen LogP contribution is -2.43. The molecule has 0 saturated carbocycles. The Morgan fingerprint density at radius 1 is 0.338 bits per heavy atom. The number of fused-ring (bicyclic) bond motifs is 6. The molecule has 0 bridgehead atoms. The minimum atomic E-state index is -3.55. The maximum absolute atomic E-state index is 12.5. The summed E-state index contributed by atoms with van der Waals surface area (Å²) in [4.78, 5) is 133. The number of aromatic amines is 6. The van der Waals surface area contributed by atoms with Crippen LogP contribution in [0.1, 0.15) is 210 Å². The number of carbonyl (C=O) groups excluding carboxylic acids is 6. The van der Waals surface area contributed by atoms with Gasteiger partial charge < -0.3 is 58.3 Å². The highest BCUT2D eigenvalue weighted by Gasteiger charge is 2.43. The topological polar surface area (TPSA) is 362 Å². The lowest BCUT2D eigenvalue weighted by Gasteiger charge is -2.36. The summed E-state index contributed by atoms with van der Waals surface area (Å²) in [5, 5.41) is -2.24. The van der Waals surface area contributed by atoms with Crippen LogP contribution in [0.15, 0.2) is 141 Å². The van der Waals surface area contributed by atoms with E-state index in [1.165, 1.54) is 4.90 Å². The zero-order valence-corrected chi connectivity index (χ0v) is 79.2. The van der Waals surface area contributed by atoms with E-state index in [1.54, 1.807) is 92.9 Å². The Balaban J connectivity index is 0.000000151. The van der Waals surface area contributed by atoms with Gasteiger partial charge in [-0.15, -0.1) is 0 Å². The summed E-state index contributed by atoms with van der Waals surface area (Å²) in [7, 11) is 0. The maximum atomic E-state index is 12.5. The molecular weight excluding hydrogens is 1800 g/mol. The van der Waals surface area contributed by atoms with Gasteiger partial charge in [-0.3, -0.25) is 34.4 Å². The molecule has 6 N–H and O–H groups in total. The number of imidazole rings is 6. The summed E-state index contributed by atoms with van der Waals surface area (Å²) in [6, 6.07) is 29.3. The monoisotopic (exact) mass is 1910 g/mol. The fourth-order valence-electron chi connectivity index (χ4n) is 16.7. The second-order valence-corrected chi connectivity index (χ2v) is 38.0. The van der Waals surface area contributed by atoms with Crippen LogP contribution in [-0.4, -0.2) is 192 Å². The number of hydrogen-bond donors (Lipinski definition) is 6. The van der Waals surface area contributed by atoms with Gasteiger partial charge in [0.05, 0.1) is 114 Å². The summed E-state index contributed by atoms with van der Waals surface area (Å²) < 4.78 is 55.0. The molecule has 0 spiro atoms. The molecular formula is C91H113Cl6F2N19O12. The van der Waals surface area contributed by atoms with Crippen molar-refractivity contribution in [3.05, 3.63) is 242 Å². The third kappa shape index (κ3) is 26.8. The fourth-order valence-corrected chi connectivity index (χ4v) is 17.3. The van der Waals surface area contributed by atoms with E-state index >= 15 is 0 Å². The van der Waals surface area contributed by atoms with Crippen LogP contribution in [-0.2, 0) is 93.4 Å². The van der Waals surface area contributed by atoms with Gasteiger partial charge in [-0.05, 0) is 100 Å². The number of nitrogens with one attached hydrogen (secondary N) is 6. The number of halogens is 8. The summed E-state index contributed by atoms with van der Waals surface area (Å²) in [5.74, 6) is 1.37. The summed E-state index contributed by atoms with van der Waals surface area (Å²) in [6.45, 7) is 27.7. The van der Waals surface area contributed by atoms with Crippen molar-refractivity contribution < 1.29 is 66.0 Å². The zero-order chi connectivity index (χ0) is 93.7. The molecule has 31 nitrogen and oxygen atoms in total. The normalized spacial score (nSPS) is 17.9. The van der Waals surface area contributed by atoms with Crippen molar-refractivity contribution in [2.75, 3.05) is 52.5 Å². The van der Waals surface area contributed by atoms with Gasteiger partial charge in [-0.1, -0.05) is 202 Å². The van der Waals surface area contributed by atoms with Gasteiger partial charge in [-0.25, -0.2) is 58.7 Å². The van der Waals surface area contributed by atoms with Crippen LogP contribution in [0.3, 0.4) is 0 Å². The second kappa shape index (κ2) is 46.4. The molecule has 0 radical (unpaired) electrons. The smallest absolute Gasteiger partial charge is 0.410 e. The van der Waals surface area contributed by atoms with Crippen LogP contribution in [0.4, 0.5) is 37.5 Å². The van der Waals surface area contributed by atoms with E-state index in [9.17, 15) is 37.5 Å². The van der Waals surface area contributed by atoms with Crippen molar-refractivity contribution >= 4 is 106 Å². The van der Waals surface area contributed by atoms with E-state index in [2.05, 4.69) is 125 Å². The first kappa shape index (κ1) is 99.9. The van der Waals surface area contributed by atoms with Crippen molar-refractivity contribution in [1.82, 2.24) is 94.2 Å². The van der Waals surface area contributed by atoms with Crippen molar-refractivity contribution in [2.24, 2.45) is 35.5 Å². The molecule has 13 heterocycles. The predicted molar refractivity (Wildman–Crippen MR) is 488 cm³/mol. The van der Waals surface area contributed by atoms with E-state index in [4.69, 9.17) is 93.3 Å². The number of nitrogens with zero attached hydrogens (tertiary/aromatic N) is 13. The minimum absolute atomic E-state index is 0.0294. The zero-order valence-electron chi connectivity index (χ0n) is 74.7. The Bertz CT molecular complexity index is 5090. The van der Waals surface area contributed by atoms with Crippen LogP contribution in [0, 0.1) is 35.5 Å². The molecule has 6 amide bonds. The number of H-pyrrole nitrogens is 6. The van der Waals surface area contributed by atoms with E-state index in [1.807, 2.05) is 100 Å². The average molecular weight is 1920 g/mol. The molecule has 0 fully saturated rings. The number of pyridine rings is 1. The lowest BCUT2D eigenvalue weighted by atomic mass is 9.94. The third-order valence-corrected chi connectivity index (χ3v) is 23.5. The minimum Gasteiger partial charge on any atom is -0.445 e. The van der Waals surface area contributed by atoms with Crippen LogP contribution < -0.4 is 0 Å². The van der Waals surface area contributed by atoms with E-state index < -0.39 is 28.0 Å². The van der Waals surface area contributed by atoms with Crippen molar-refractivity contribution in [3.63, 3.8) is 0 Å². The predicted octanol–water partition coefficient (Wildman–Crippen LogP) is 20.3. The highest BCUT2D eigenvalue weighted by atomic mass is 35.6. The number of benzene rings is 3.